The van der Waals surface area contributed by atoms with Gasteiger partial charge >= 0.3 is 0 Å². The highest BCUT2D eigenvalue weighted by Crippen LogP contribution is 2.33. The molecule has 0 saturated carbocycles. The molecular weight excluding hydrogens is 380 g/mol. The lowest BCUT2D eigenvalue weighted by Crippen LogP contribution is -2.42. The normalized spacial score (nSPS) is 19.8. The SMILES string of the molecule is O=C(CCN1C(=O)C(=Cc2ccccc2Cl)SC1=S)N1CCOCC1. The zero-order chi connectivity index (χ0) is 17.8. The molecule has 2 aliphatic heterocycles. The summed E-state index contributed by atoms with van der Waals surface area (Å²) < 4.78 is 5.71. The van der Waals surface area contributed by atoms with Gasteiger partial charge in [0.2, 0.25) is 5.91 Å². The first-order chi connectivity index (χ1) is 12.1. The number of ether oxygens (including phenoxy) is 1. The average Bonchev–Trinajstić information content (AvgIpc) is 2.89. The van der Waals surface area contributed by atoms with Gasteiger partial charge in [0.05, 0.1) is 18.1 Å². The Morgan fingerprint density at radius 1 is 1.32 bits per heavy atom. The molecule has 1 aromatic carbocycles. The lowest BCUT2D eigenvalue weighted by molar-refractivity contribution is -0.135. The second-order valence-electron chi connectivity index (χ2n) is 5.60. The highest BCUT2D eigenvalue weighted by Gasteiger charge is 2.32. The highest BCUT2D eigenvalue weighted by molar-refractivity contribution is 8.26. The smallest absolute Gasteiger partial charge is 0.266 e. The molecule has 3 rings (SSSR count). The third-order valence-electron chi connectivity index (χ3n) is 3.98. The Bertz CT molecular complexity index is 732. The molecule has 25 heavy (non-hydrogen) atoms. The van der Waals surface area contributed by atoms with Crippen molar-refractivity contribution in [2.75, 3.05) is 32.8 Å². The molecule has 0 bridgehead atoms. The molecule has 2 amide bonds. The maximum Gasteiger partial charge on any atom is 0.266 e. The molecule has 5 nitrogen and oxygen atoms in total. The predicted molar refractivity (Wildman–Crippen MR) is 103 cm³/mol. The maximum atomic E-state index is 12.6. The van der Waals surface area contributed by atoms with E-state index in [1.807, 2.05) is 18.2 Å². The summed E-state index contributed by atoms with van der Waals surface area (Å²) >= 11 is 12.7. The number of hydrogen-bond donors (Lipinski definition) is 0. The van der Waals surface area contributed by atoms with Gasteiger partial charge in [-0.3, -0.25) is 14.5 Å². The minimum atomic E-state index is -0.176. The predicted octanol–water partition coefficient (Wildman–Crippen LogP) is 2.79. The first-order valence-corrected chi connectivity index (χ1v) is 9.52. The minimum absolute atomic E-state index is 0.0208. The quantitative estimate of drug-likeness (QED) is 0.578. The Balaban J connectivity index is 1.63. The molecule has 2 fully saturated rings. The van der Waals surface area contributed by atoms with Crippen molar-refractivity contribution in [1.29, 1.82) is 0 Å². The summed E-state index contributed by atoms with van der Waals surface area (Å²) in [6, 6.07) is 7.31. The number of thiocarbonyl (C=S) groups is 1. The molecule has 0 unspecified atom stereocenters. The second kappa shape index (κ2) is 8.31. The van der Waals surface area contributed by atoms with Crippen LogP contribution in [0.3, 0.4) is 0 Å². The van der Waals surface area contributed by atoms with Crippen molar-refractivity contribution in [2.45, 2.75) is 6.42 Å². The van der Waals surface area contributed by atoms with E-state index in [2.05, 4.69) is 0 Å². The van der Waals surface area contributed by atoms with Crippen LogP contribution in [0.5, 0.6) is 0 Å². The van der Waals surface area contributed by atoms with E-state index in [0.29, 0.717) is 47.1 Å². The topological polar surface area (TPSA) is 49.9 Å². The summed E-state index contributed by atoms with van der Waals surface area (Å²) in [5, 5.41) is 0.579. The Labute approximate surface area is 160 Å². The van der Waals surface area contributed by atoms with Gasteiger partial charge < -0.3 is 9.64 Å². The number of benzene rings is 1. The third-order valence-corrected chi connectivity index (χ3v) is 5.70. The first kappa shape index (κ1) is 18.4. The van der Waals surface area contributed by atoms with Gasteiger partial charge in [0.15, 0.2) is 0 Å². The highest BCUT2D eigenvalue weighted by atomic mass is 35.5. The molecular formula is C17H17ClN2O3S2. The molecule has 2 heterocycles. The van der Waals surface area contributed by atoms with Gasteiger partial charge in [-0.15, -0.1) is 0 Å². The lowest BCUT2D eigenvalue weighted by Gasteiger charge is -2.27. The fourth-order valence-electron chi connectivity index (χ4n) is 2.60. The van der Waals surface area contributed by atoms with E-state index >= 15 is 0 Å². The fraction of sp³-hybridized carbons (Fsp3) is 0.353. The average molecular weight is 397 g/mol. The number of carbonyl (C=O) groups excluding carboxylic acids is 2. The summed E-state index contributed by atoms with van der Waals surface area (Å²) in [4.78, 5) is 28.6. The van der Waals surface area contributed by atoms with Crippen LogP contribution >= 0.6 is 35.6 Å². The van der Waals surface area contributed by atoms with E-state index in [-0.39, 0.29) is 18.2 Å². The number of amides is 2. The minimum Gasteiger partial charge on any atom is -0.378 e. The third kappa shape index (κ3) is 4.41. The summed E-state index contributed by atoms with van der Waals surface area (Å²) in [5.74, 6) is -0.155. The Hall–Kier alpha value is -1.41. The summed E-state index contributed by atoms with van der Waals surface area (Å²) in [6.45, 7) is 2.62. The lowest BCUT2D eigenvalue weighted by atomic mass is 10.2. The number of hydrogen-bond acceptors (Lipinski definition) is 5. The molecule has 0 aliphatic carbocycles. The van der Waals surface area contributed by atoms with Crippen molar-refractivity contribution in [1.82, 2.24) is 9.80 Å². The number of nitrogens with zero attached hydrogens (tertiary/aromatic N) is 2. The van der Waals surface area contributed by atoms with E-state index in [0.717, 1.165) is 5.56 Å². The zero-order valence-corrected chi connectivity index (χ0v) is 15.8. The molecule has 2 saturated heterocycles. The van der Waals surface area contributed by atoms with Crippen molar-refractivity contribution in [3.8, 4) is 0 Å². The molecule has 1 aromatic rings. The van der Waals surface area contributed by atoms with Gasteiger partial charge in [0, 0.05) is 31.1 Å². The van der Waals surface area contributed by atoms with Crippen LogP contribution in [0, 0.1) is 0 Å². The standard InChI is InChI=1S/C17H17ClN2O3S2/c18-13-4-2-1-3-12(13)11-14-16(22)20(17(24)25-14)6-5-15(21)19-7-9-23-10-8-19/h1-4,11H,5-10H2. The van der Waals surface area contributed by atoms with Crippen molar-refractivity contribution in [3.05, 3.63) is 39.8 Å². The van der Waals surface area contributed by atoms with Crippen LogP contribution in [0.2, 0.25) is 5.02 Å². The summed E-state index contributed by atoms with van der Waals surface area (Å²) in [7, 11) is 0. The monoisotopic (exact) mass is 396 g/mol. The number of morpholine rings is 1. The zero-order valence-electron chi connectivity index (χ0n) is 13.4. The van der Waals surface area contributed by atoms with Gasteiger partial charge in [0.1, 0.15) is 4.32 Å². The van der Waals surface area contributed by atoms with Gasteiger partial charge in [-0.25, -0.2) is 0 Å². The molecule has 0 aromatic heterocycles. The van der Waals surface area contributed by atoms with Gasteiger partial charge in [0.25, 0.3) is 5.91 Å². The van der Waals surface area contributed by atoms with Crippen molar-refractivity contribution in [2.24, 2.45) is 0 Å². The van der Waals surface area contributed by atoms with E-state index in [4.69, 9.17) is 28.6 Å². The number of carbonyl (C=O) groups is 2. The molecule has 2 aliphatic rings. The number of halogens is 1. The summed E-state index contributed by atoms with van der Waals surface area (Å²) in [6.07, 6.45) is 2.00. The van der Waals surface area contributed by atoms with Gasteiger partial charge in [-0.05, 0) is 17.7 Å². The number of rotatable bonds is 4. The molecule has 0 spiro atoms. The van der Waals surface area contributed by atoms with Crippen LogP contribution in [0.4, 0.5) is 0 Å². The van der Waals surface area contributed by atoms with E-state index in [1.165, 1.54) is 16.7 Å². The largest absolute Gasteiger partial charge is 0.378 e. The van der Waals surface area contributed by atoms with Crippen LogP contribution in [-0.2, 0) is 14.3 Å². The molecule has 8 heteroatoms. The molecule has 132 valence electrons. The van der Waals surface area contributed by atoms with Crippen LogP contribution in [0.1, 0.15) is 12.0 Å². The van der Waals surface area contributed by atoms with Crippen molar-refractivity contribution in [3.63, 3.8) is 0 Å². The maximum absolute atomic E-state index is 12.6. The van der Waals surface area contributed by atoms with Crippen LogP contribution in [-0.4, -0.2) is 58.8 Å². The van der Waals surface area contributed by atoms with E-state index < -0.39 is 0 Å². The Kier molecular flexibility index (Phi) is 6.11. The van der Waals surface area contributed by atoms with Gasteiger partial charge in [-0.2, -0.15) is 0 Å². The molecule has 0 atom stereocenters. The Morgan fingerprint density at radius 2 is 2.04 bits per heavy atom. The van der Waals surface area contributed by atoms with Crippen molar-refractivity contribution < 1.29 is 14.3 Å². The van der Waals surface area contributed by atoms with Crippen LogP contribution < -0.4 is 0 Å². The second-order valence-corrected chi connectivity index (χ2v) is 7.68. The fourth-order valence-corrected chi connectivity index (χ4v) is 4.09. The van der Waals surface area contributed by atoms with Crippen LogP contribution in [0.25, 0.3) is 6.08 Å². The molecule has 0 N–H and O–H groups in total. The van der Waals surface area contributed by atoms with Crippen molar-refractivity contribution >= 4 is 57.8 Å². The number of thioether (sulfide) groups is 1. The van der Waals surface area contributed by atoms with Gasteiger partial charge in [-0.1, -0.05) is 53.8 Å². The molecule has 0 radical (unpaired) electrons. The first-order valence-electron chi connectivity index (χ1n) is 7.91. The van der Waals surface area contributed by atoms with Crippen LogP contribution in [0.15, 0.2) is 29.2 Å². The Morgan fingerprint density at radius 3 is 2.76 bits per heavy atom. The van der Waals surface area contributed by atoms with E-state index in [1.54, 1.807) is 17.0 Å². The summed E-state index contributed by atoms with van der Waals surface area (Å²) in [5.41, 5.74) is 0.772. The van der Waals surface area contributed by atoms with E-state index in [9.17, 15) is 9.59 Å².